The van der Waals surface area contributed by atoms with E-state index in [9.17, 15) is 19.2 Å². The molecule has 0 saturated heterocycles. The van der Waals surface area contributed by atoms with E-state index in [2.05, 4.69) is 0 Å². The minimum Gasteiger partial charge on any atom is -0.457 e. The number of ketones is 1. The van der Waals surface area contributed by atoms with E-state index in [1.807, 2.05) is 51.1 Å². The average Bonchev–Trinajstić information content (AvgIpc) is 3.20. The van der Waals surface area contributed by atoms with Gasteiger partial charge in [-0.3, -0.25) is 14.4 Å². The first-order chi connectivity index (χ1) is 19.1. The van der Waals surface area contributed by atoms with Crippen LogP contribution in [0.15, 0.2) is 84.9 Å². The van der Waals surface area contributed by atoms with Gasteiger partial charge in [0.2, 0.25) is 5.78 Å². The second-order valence-electron chi connectivity index (χ2n) is 9.80. The smallest absolute Gasteiger partial charge is 0.338 e. The fraction of sp³-hybridized carbons (Fsp3) is 0.152. The first-order valence-electron chi connectivity index (χ1n) is 12.8. The van der Waals surface area contributed by atoms with Crippen molar-refractivity contribution in [3.63, 3.8) is 0 Å². The van der Waals surface area contributed by atoms with Gasteiger partial charge in [0.15, 0.2) is 6.10 Å². The predicted octanol–water partition coefficient (Wildman–Crippen LogP) is 6.63. The van der Waals surface area contributed by atoms with Crippen molar-refractivity contribution in [1.29, 1.82) is 0 Å². The fourth-order valence-corrected chi connectivity index (χ4v) is 4.58. The summed E-state index contributed by atoms with van der Waals surface area (Å²) in [4.78, 5) is 52.9. The summed E-state index contributed by atoms with van der Waals surface area (Å²) in [6.07, 6.45) is -1.03. The molecule has 1 aliphatic heterocycles. The standard InChI is InChI=1S/C33H27NO6/c1-19-8-10-23(11-9-19)29(35)22(4)39-33(38)24-12-17-27-28(18-24)32(37)34(31(27)36)25-13-15-26(16-14-25)40-30-20(2)6-5-7-21(30)3/h5-18,22H,1-4H3. The molecule has 1 unspecified atom stereocenters. The van der Waals surface area contributed by atoms with Crippen LogP contribution >= 0.6 is 0 Å². The van der Waals surface area contributed by atoms with E-state index in [0.717, 1.165) is 27.3 Å². The number of aryl methyl sites for hydroxylation is 3. The Morgan fingerprint density at radius 3 is 1.98 bits per heavy atom. The number of nitrogens with zero attached hydrogens (tertiary/aromatic N) is 1. The van der Waals surface area contributed by atoms with E-state index in [-0.39, 0.29) is 22.5 Å². The van der Waals surface area contributed by atoms with E-state index in [4.69, 9.17) is 9.47 Å². The summed E-state index contributed by atoms with van der Waals surface area (Å²) in [5.74, 6) is -0.824. The van der Waals surface area contributed by atoms with E-state index in [1.54, 1.807) is 36.4 Å². The molecule has 2 amide bonds. The molecule has 0 bridgehead atoms. The molecule has 5 rings (SSSR count). The van der Waals surface area contributed by atoms with Crippen molar-refractivity contribution >= 4 is 29.3 Å². The molecule has 1 aliphatic rings. The summed E-state index contributed by atoms with van der Waals surface area (Å²) in [5.41, 5.74) is 4.15. The number of imide groups is 1. The lowest BCUT2D eigenvalue weighted by molar-refractivity contribution is 0.0318. The Kier molecular flexibility index (Phi) is 7.05. The number of rotatable bonds is 7. The highest BCUT2D eigenvalue weighted by Crippen LogP contribution is 2.33. The van der Waals surface area contributed by atoms with Gasteiger partial charge in [-0.2, -0.15) is 0 Å². The minimum absolute atomic E-state index is 0.0719. The second kappa shape index (κ2) is 10.6. The number of Topliss-reactive ketones (excluding diaryl/α,β-unsaturated/α-hetero) is 1. The Morgan fingerprint density at radius 2 is 1.32 bits per heavy atom. The monoisotopic (exact) mass is 533 g/mol. The molecule has 4 aromatic carbocycles. The summed E-state index contributed by atoms with van der Waals surface area (Å²) in [5, 5.41) is 0. The maximum atomic E-state index is 13.3. The third-order valence-corrected chi connectivity index (χ3v) is 6.83. The van der Waals surface area contributed by atoms with Gasteiger partial charge in [0, 0.05) is 5.56 Å². The zero-order valence-electron chi connectivity index (χ0n) is 22.6. The van der Waals surface area contributed by atoms with Crippen molar-refractivity contribution < 1.29 is 28.7 Å². The molecule has 0 aromatic heterocycles. The molecule has 40 heavy (non-hydrogen) atoms. The molecule has 0 saturated carbocycles. The van der Waals surface area contributed by atoms with Gasteiger partial charge >= 0.3 is 5.97 Å². The van der Waals surface area contributed by atoms with Crippen molar-refractivity contribution in [2.45, 2.75) is 33.8 Å². The van der Waals surface area contributed by atoms with Crippen molar-refractivity contribution in [3.8, 4) is 11.5 Å². The van der Waals surface area contributed by atoms with Crippen LogP contribution < -0.4 is 9.64 Å². The average molecular weight is 534 g/mol. The van der Waals surface area contributed by atoms with Gasteiger partial charge in [-0.1, -0.05) is 48.0 Å². The molecule has 0 fully saturated rings. The molecule has 7 heteroatoms. The summed E-state index contributed by atoms with van der Waals surface area (Å²) < 4.78 is 11.4. The van der Waals surface area contributed by atoms with Crippen LogP contribution in [0.5, 0.6) is 11.5 Å². The number of carbonyl (C=O) groups is 4. The van der Waals surface area contributed by atoms with E-state index in [0.29, 0.717) is 17.0 Å². The number of hydrogen-bond acceptors (Lipinski definition) is 6. The highest BCUT2D eigenvalue weighted by atomic mass is 16.5. The Labute approximate surface area is 232 Å². The SMILES string of the molecule is Cc1ccc(C(=O)C(C)OC(=O)c2ccc3c(c2)C(=O)N(c2ccc(Oc4c(C)cccc4C)cc2)C3=O)cc1. The maximum absolute atomic E-state index is 13.3. The fourth-order valence-electron chi connectivity index (χ4n) is 4.58. The first-order valence-corrected chi connectivity index (χ1v) is 12.8. The summed E-state index contributed by atoms with van der Waals surface area (Å²) in [6.45, 7) is 7.33. The number of para-hydroxylation sites is 1. The Hall–Kier alpha value is -5.04. The van der Waals surface area contributed by atoms with Gasteiger partial charge in [-0.15, -0.1) is 0 Å². The van der Waals surface area contributed by atoms with Crippen LogP contribution in [0.2, 0.25) is 0 Å². The van der Waals surface area contributed by atoms with Crippen molar-refractivity contribution in [2.24, 2.45) is 0 Å². The van der Waals surface area contributed by atoms with Crippen LogP contribution in [-0.2, 0) is 4.74 Å². The molecule has 4 aromatic rings. The van der Waals surface area contributed by atoms with Crippen molar-refractivity contribution in [1.82, 2.24) is 0 Å². The largest absolute Gasteiger partial charge is 0.457 e. The normalized spacial score (nSPS) is 13.2. The number of hydrogen-bond donors (Lipinski definition) is 0. The Balaban J connectivity index is 1.31. The molecule has 200 valence electrons. The molecule has 0 radical (unpaired) electrons. The molecule has 0 aliphatic carbocycles. The Bertz CT molecular complexity index is 1630. The van der Waals surface area contributed by atoms with Crippen LogP contribution in [0.3, 0.4) is 0 Å². The third kappa shape index (κ3) is 5.01. The molecule has 0 N–H and O–H groups in total. The lowest BCUT2D eigenvalue weighted by Gasteiger charge is -2.15. The highest BCUT2D eigenvalue weighted by molar-refractivity contribution is 6.34. The third-order valence-electron chi connectivity index (χ3n) is 6.83. The molecule has 1 atom stereocenters. The van der Waals surface area contributed by atoms with Crippen LogP contribution in [0, 0.1) is 20.8 Å². The van der Waals surface area contributed by atoms with Crippen LogP contribution in [-0.4, -0.2) is 29.7 Å². The van der Waals surface area contributed by atoms with E-state index >= 15 is 0 Å². The molecule has 7 nitrogen and oxygen atoms in total. The van der Waals surface area contributed by atoms with Crippen molar-refractivity contribution in [3.05, 3.63) is 124 Å². The molecular formula is C33H27NO6. The van der Waals surface area contributed by atoms with Gasteiger partial charge in [0.1, 0.15) is 11.5 Å². The number of ether oxygens (including phenoxy) is 2. The lowest BCUT2D eigenvalue weighted by atomic mass is 10.0. The Morgan fingerprint density at radius 1 is 0.725 bits per heavy atom. The van der Waals surface area contributed by atoms with Gasteiger partial charge in [0.05, 0.1) is 22.4 Å². The topological polar surface area (TPSA) is 90.0 Å². The molecular weight excluding hydrogens is 506 g/mol. The zero-order valence-corrected chi connectivity index (χ0v) is 22.6. The van der Waals surface area contributed by atoms with Crippen LogP contribution in [0.4, 0.5) is 5.69 Å². The van der Waals surface area contributed by atoms with E-state index < -0.39 is 23.9 Å². The molecule has 0 spiro atoms. The number of carbonyl (C=O) groups excluding carboxylic acids is 4. The minimum atomic E-state index is -1.03. The summed E-state index contributed by atoms with van der Waals surface area (Å²) in [7, 11) is 0. The zero-order chi connectivity index (χ0) is 28.6. The summed E-state index contributed by atoms with van der Waals surface area (Å²) >= 11 is 0. The first kappa shape index (κ1) is 26.6. The number of benzene rings is 4. The number of esters is 1. The van der Waals surface area contributed by atoms with Crippen molar-refractivity contribution in [2.75, 3.05) is 4.90 Å². The lowest BCUT2D eigenvalue weighted by Crippen LogP contribution is -2.29. The summed E-state index contributed by atoms with van der Waals surface area (Å²) in [6, 6.07) is 23.7. The van der Waals surface area contributed by atoms with Gasteiger partial charge in [-0.25, -0.2) is 9.69 Å². The highest BCUT2D eigenvalue weighted by Gasteiger charge is 2.37. The van der Waals surface area contributed by atoms with E-state index in [1.165, 1.54) is 25.1 Å². The van der Waals surface area contributed by atoms with Gasteiger partial charge < -0.3 is 9.47 Å². The predicted molar refractivity (Wildman–Crippen MR) is 150 cm³/mol. The number of anilines is 1. The number of fused-ring (bicyclic) bond motifs is 1. The van der Waals surface area contributed by atoms with Crippen LogP contribution in [0.1, 0.15) is 65.0 Å². The maximum Gasteiger partial charge on any atom is 0.338 e. The van der Waals surface area contributed by atoms with Gasteiger partial charge in [0.25, 0.3) is 11.8 Å². The van der Waals surface area contributed by atoms with Crippen LogP contribution in [0.25, 0.3) is 0 Å². The second-order valence-corrected chi connectivity index (χ2v) is 9.80. The molecule has 1 heterocycles. The number of amides is 2. The quantitative estimate of drug-likeness (QED) is 0.150. The van der Waals surface area contributed by atoms with Gasteiger partial charge in [-0.05, 0) is 81.3 Å².